The molecule has 198 valence electrons. The molecule has 5 heteroatoms. The molecule has 2 aliphatic heterocycles. The highest BCUT2D eigenvalue weighted by atomic mass is 16.6. The molecule has 3 aromatic rings. The second kappa shape index (κ2) is 7.97. The summed E-state index contributed by atoms with van der Waals surface area (Å²) in [6.45, 7) is 2.40. The number of ether oxygens (including phenoxy) is 4. The Balaban J connectivity index is 1.19. The van der Waals surface area contributed by atoms with Gasteiger partial charge >= 0.3 is 0 Å². The number of nitrogens with zero attached hydrogens (tertiary/aromatic N) is 1. The monoisotopic (exact) mass is 511 g/mol. The van der Waals surface area contributed by atoms with Gasteiger partial charge in [0.05, 0.1) is 20.3 Å². The summed E-state index contributed by atoms with van der Waals surface area (Å²) in [6.07, 6.45) is 5.54. The molecule has 2 heterocycles. The van der Waals surface area contributed by atoms with Gasteiger partial charge in [-0.25, -0.2) is 0 Å². The van der Waals surface area contributed by atoms with Crippen LogP contribution in [0.5, 0.6) is 11.5 Å². The minimum atomic E-state index is -0.361. The van der Waals surface area contributed by atoms with Crippen LogP contribution in [0.1, 0.15) is 42.4 Å². The molecule has 38 heavy (non-hydrogen) atoms. The van der Waals surface area contributed by atoms with Crippen molar-refractivity contribution in [1.29, 1.82) is 0 Å². The Morgan fingerprint density at radius 2 is 1.87 bits per heavy atom. The van der Waals surface area contributed by atoms with Crippen LogP contribution in [0.2, 0.25) is 0 Å². The van der Waals surface area contributed by atoms with E-state index >= 15 is 0 Å². The Kier molecular flexibility index (Phi) is 4.89. The van der Waals surface area contributed by atoms with Crippen LogP contribution in [0, 0.1) is 11.3 Å². The zero-order chi connectivity index (χ0) is 25.7. The van der Waals surface area contributed by atoms with Gasteiger partial charge in [0.15, 0.2) is 11.5 Å². The summed E-state index contributed by atoms with van der Waals surface area (Å²) >= 11 is 0. The van der Waals surface area contributed by atoms with Crippen LogP contribution < -0.4 is 9.47 Å². The fraction of sp³-hybridized carbons (Fsp3) is 0.515. The predicted molar refractivity (Wildman–Crippen MR) is 147 cm³/mol. The molecule has 3 aromatic carbocycles. The lowest BCUT2D eigenvalue weighted by Gasteiger charge is -2.73. The maximum Gasteiger partial charge on any atom is 0.165 e. The highest BCUT2D eigenvalue weighted by Gasteiger charge is 2.80. The van der Waals surface area contributed by atoms with E-state index in [4.69, 9.17) is 18.9 Å². The third-order valence-corrected chi connectivity index (χ3v) is 11.4. The Labute approximate surface area is 225 Å². The van der Waals surface area contributed by atoms with Crippen LogP contribution in [0.15, 0.2) is 54.6 Å². The summed E-state index contributed by atoms with van der Waals surface area (Å²) in [7, 11) is 6.01. The van der Waals surface area contributed by atoms with E-state index in [-0.39, 0.29) is 28.5 Å². The van der Waals surface area contributed by atoms with Gasteiger partial charge in [-0.15, -0.1) is 0 Å². The lowest BCUT2D eigenvalue weighted by atomic mass is 9.35. The van der Waals surface area contributed by atoms with Crippen molar-refractivity contribution in [1.82, 2.24) is 4.90 Å². The molecule has 0 radical (unpaired) electrons. The van der Waals surface area contributed by atoms with E-state index in [2.05, 4.69) is 66.5 Å². The second-order valence-corrected chi connectivity index (χ2v) is 12.4. The normalized spacial score (nSPS) is 36.2. The molecule has 3 saturated carbocycles. The smallest absolute Gasteiger partial charge is 0.165 e. The minimum Gasteiger partial charge on any atom is -0.493 e. The number of methoxy groups -OCH3 is 2. The van der Waals surface area contributed by atoms with E-state index in [0.717, 1.165) is 43.7 Å². The standard InChI is InChI=1S/C33H37NO4/c1-34-16-15-32-28-22-11-12-26(35-2)29(28)38-30(32)33(36-3)14-13-31(32,27(34)17-22)18-24(33)20-37-19-23-9-6-8-21-7-4-5-10-25(21)23/h4-12,24,27,30H,13-20H2,1-3H3/t24-,27-,30-,31-,32+,33-/m1/s1. The van der Waals surface area contributed by atoms with Crippen LogP contribution in [0.25, 0.3) is 10.8 Å². The average Bonchev–Trinajstić information content (AvgIpc) is 3.32. The van der Waals surface area contributed by atoms with Gasteiger partial charge in [0.2, 0.25) is 0 Å². The number of benzene rings is 3. The molecule has 9 rings (SSSR count). The lowest BCUT2D eigenvalue weighted by molar-refractivity contribution is -0.282. The van der Waals surface area contributed by atoms with Crippen molar-refractivity contribution in [2.24, 2.45) is 11.3 Å². The molecule has 4 aliphatic carbocycles. The quantitative estimate of drug-likeness (QED) is 0.437. The number of fused-ring (bicyclic) bond motifs is 3. The summed E-state index contributed by atoms with van der Waals surface area (Å²) in [6, 6.07) is 20.0. The van der Waals surface area contributed by atoms with Crippen molar-refractivity contribution >= 4 is 10.8 Å². The van der Waals surface area contributed by atoms with Gasteiger partial charge in [0.25, 0.3) is 0 Å². The van der Waals surface area contributed by atoms with Crippen molar-refractivity contribution in [3.8, 4) is 11.5 Å². The molecule has 4 bridgehead atoms. The van der Waals surface area contributed by atoms with Crippen molar-refractivity contribution in [2.75, 3.05) is 34.4 Å². The van der Waals surface area contributed by atoms with Gasteiger partial charge in [-0.05, 0) is 73.7 Å². The molecule has 6 atom stereocenters. The Morgan fingerprint density at radius 3 is 2.74 bits per heavy atom. The van der Waals surface area contributed by atoms with Crippen molar-refractivity contribution in [2.45, 2.75) is 61.9 Å². The van der Waals surface area contributed by atoms with Crippen molar-refractivity contribution < 1.29 is 18.9 Å². The highest BCUT2D eigenvalue weighted by molar-refractivity contribution is 5.85. The van der Waals surface area contributed by atoms with Gasteiger partial charge in [-0.2, -0.15) is 0 Å². The first-order valence-electron chi connectivity index (χ1n) is 14.2. The maximum absolute atomic E-state index is 7.09. The molecular weight excluding hydrogens is 474 g/mol. The van der Waals surface area contributed by atoms with Gasteiger partial charge in [-0.3, -0.25) is 0 Å². The molecule has 0 unspecified atom stereocenters. The van der Waals surface area contributed by atoms with Gasteiger partial charge in [-0.1, -0.05) is 48.5 Å². The van der Waals surface area contributed by atoms with Crippen molar-refractivity contribution in [3.63, 3.8) is 0 Å². The predicted octanol–water partition coefficient (Wildman–Crippen LogP) is 5.51. The summed E-state index contributed by atoms with van der Waals surface area (Å²) < 4.78 is 26.2. The fourth-order valence-corrected chi connectivity index (χ4v) is 9.91. The molecule has 4 fully saturated rings. The number of hydrogen-bond donors (Lipinski definition) is 0. The lowest BCUT2D eigenvalue weighted by Crippen LogP contribution is -2.81. The first kappa shape index (κ1) is 23.3. The third kappa shape index (κ3) is 2.63. The van der Waals surface area contributed by atoms with Gasteiger partial charge < -0.3 is 23.8 Å². The van der Waals surface area contributed by atoms with E-state index in [1.165, 1.54) is 33.9 Å². The summed E-state index contributed by atoms with van der Waals surface area (Å²) in [5, 5.41) is 2.54. The first-order valence-corrected chi connectivity index (χ1v) is 14.2. The topological polar surface area (TPSA) is 40.2 Å². The first-order chi connectivity index (χ1) is 18.6. The number of likely N-dealkylation sites (N-methyl/N-ethyl adjacent to an activating group) is 1. The van der Waals surface area contributed by atoms with E-state index < -0.39 is 0 Å². The zero-order valence-corrected chi connectivity index (χ0v) is 22.7. The van der Waals surface area contributed by atoms with E-state index in [9.17, 15) is 0 Å². The fourth-order valence-electron chi connectivity index (χ4n) is 9.91. The van der Waals surface area contributed by atoms with Gasteiger partial charge in [0, 0.05) is 35.5 Å². The molecule has 0 amide bonds. The number of piperidine rings is 1. The van der Waals surface area contributed by atoms with Gasteiger partial charge in [0.1, 0.15) is 11.7 Å². The number of rotatable bonds is 6. The SMILES string of the molecule is COc1ccc2c3c1O[C@H]1[C@@]4(OC)CC[C@@]5(C[C@@H]4COCc4cccc6ccccc46)[C@@H](C2)N(C)CC[C@]315. The Bertz CT molecular complexity index is 1430. The van der Waals surface area contributed by atoms with Crippen LogP contribution in [0.4, 0.5) is 0 Å². The average molecular weight is 512 g/mol. The largest absolute Gasteiger partial charge is 0.493 e. The van der Waals surface area contributed by atoms with E-state index in [1.54, 1.807) is 7.11 Å². The van der Waals surface area contributed by atoms with Crippen LogP contribution in [0.3, 0.4) is 0 Å². The van der Waals surface area contributed by atoms with Crippen LogP contribution in [-0.4, -0.2) is 57.1 Å². The minimum absolute atomic E-state index is 0.00444. The molecular formula is C33H37NO4. The summed E-state index contributed by atoms with van der Waals surface area (Å²) in [5.41, 5.74) is 3.94. The van der Waals surface area contributed by atoms with Crippen molar-refractivity contribution in [3.05, 3.63) is 71.3 Å². The molecule has 0 N–H and O–H groups in total. The van der Waals surface area contributed by atoms with E-state index in [0.29, 0.717) is 19.3 Å². The molecule has 2 spiro atoms. The van der Waals surface area contributed by atoms with E-state index in [1.807, 2.05) is 7.11 Å². The zero-order valence-electron chi connectivity index (χ0n) is 22.7. The molecule has 5 nitrogen and oxygen atoms in total. The Hall–Kier alpha value is -2.60. The third-order valence-electron chi connectivity index (χ3n) is 11.4. The molecule has 0 aromatic heterocycles. The Morgan fingerprint density at radius 1 is 1.00 bits per heavy atom. The maximum atomic E-state index is 7.09. The van der Waals surface area contributed by atoms with Crippen LogP contribution >= 0.6 is 0 Å². The number of hydrogen-bond acceptors (Lipinski definition) is 5. The highest BCUT2D eigenvalue weighted by Crippen LogP contribution is 2.76. The second-order valence-electron chi connectivity index (χ2n) is 12.4. The number of likely N-dealkylation sites (tertiary alicyclic amines) is 1. The van der Waals surface area contributed by atoms with Crippen LogP contribution in [-0.2, 0) is 27.9 Å². The summed E-state index contributed by atoms with van der Waals surface area (Å²) in [4.78, 5) is 2.65. The molecule has 6 aliphatic rings. The molecule has 1 saturated heterocycles. The summed E-state index contributed by atoms with van der Waals surface area (Å²) in [5.74, 6) is 2.14.